The SMILES string of the molecule is CCOC(=O)c1cc2ccc(Oc3ccc(NC(=O)c4ccc(C(F)(F)F)cc4)cn3)cc2n1C. The number of nitrogens with zero attached hydrogens (tertiary/aromatic N) is 2. The fraction of sp³-hybridized carbons (Fsp3) is 0.160. The summed E-state index contributed by atoms with van der Waals surface area (Å²) in [6, 6.07) is 14.1. The molecule has 0 aliphatic carbocycles. The molecule has 35 heavy (non-hydrogen) atoms. The van der Waals surface area contributed by atoms with Gasteiger partial charge in [-0.3, -0.25) is 4.79 Å². The summed E-state index contributed by atoms with van der Waals surface area (Å²) in [5.41, 5.74) is 0.787. The number of halogens is 3. The third-order valence-corrected chi connectivity index (χ3v) is 5.19. The smallest absolute Gasteiger partial charge is 0.416 e. The maximum atomic E-state index is 12.7. The lowest BCUT2D eigenvalue weighted by atomic mass is 10.1. The van der Waals surface area contributed by atoms with Gasteiger partial charge in [-0.05, 0) is 55.5 Å². The summed E-state index contributed by atoms with van der Waals surface area (Å²) >= 11 is 0. The number of aromatic nitrogens is 2. The zero-order valence-electron chi connectivity index (χ0n) is 18.7. The van der Waals surface area contributed by atoms with Gasteiger partial charge in [0.15, 0.2) is 0 Å². The highest BCUT2D eigenvalue weighted by Crippen LogP contribution is 2.30. The Morgan fingerprint density at radius 1 is 1.03 bits per heavy atom. The Balaban J connectivity index is 1.44. The zero-order chi connectivity index (χ0) is 25.2. The van der Waals surface area contributed by atoms with Crippen molar-refractivity contribution < 1.29 is 32.2 Å². The van der Waals surface area contributed by atoms with E-state index in [0.29, 0.717) is 17.1 Å². The van der Waals surface area contributed by atoms with E-state index < -0.39 is 23.6 Å². The van der Waals surface area contributed by atoms with Gasteiger partial charge in [0.05, 0.1) is 29.6 Å². The quantitative estimate of drug-likeness (QED) is 0.350. The second-order valence-electron chi connectivity index (χ2n) is 7.55. The molecule has 0 aliphatic rings. The molecule has 4 aromatic rings. The largest absolute Gasteiger partial charge is 0.461 e. The Kier molecular flexibility index (Phi) is 6.46. The third-order valence-electron chi connectivity index (χ3n) is 5.19. The summed E-state index contributed by atoms with van der Waals surface area (Å²) in [6.45, 7) is 2.02. The van der Waals surface area contributed by atoms with Crippen molar-refractivity contribution in [2.24, 2.45) is 7.05 Å². The van der Waals surface area contributed by atoms with Gasteiger partial charge in [0, 0.05) is 30.1 Å². The summed E-state index contributed by atoms with van der Waals surface area (Å²) in [6.07, 6.45) is -3.10. The number of anilines is 1. The van der Waals surface area contributed by atoms with Gasteiger partial charge in [0.2, 0.25) is 5.88 Å². The molecule has 0 aliphatic heterocycles. The van der Waals surface area contributed by atoms with E-state index in [1.165, 1.54) is 6.20 Å². The minimum absolute atomic E-state index is 0.0800. The number of rotatable bonds is 6. The number of aryl methyl sites for hydroxylation is 1. The van der Waals surface area contributed by atoms with Crippen molar-refractivity contribution in [2.45, 2.75) is 13.1 Å². The molecule has 2 heterocycles. The lowest BCUT2D eigenvalue weighted by Gasteiger charge is -2.09. The number of hydrogen-bond donors (Lipinski definition) is 1. The summed E-state index contributed by atoms with van der Waals surface area (Å²) in [4.78, 5) is 28.6. The molecule has 7 nitrogen and oxygen atoms in total. The molecule has 0 radical (unpaired) electrons. The highest BCUT2D eigenvalue weighted by atomic mass is 19.4. The van der Waals surface area contributed by atoms with Gasteiger partial charge in [-0.1, -0.05) is 0 Å². The van der Waals surface area contributed by atoms with Crippen LogP contribution in [-0.2, 0) is 18.0 Å². The van der Waals surface area contributed by atoms with Crippen molar-refractivity contribution in [3.05, 3.63) is 83.7 Å². The van der Waals surface area contributed by atoms with Gasteiger partial charge in [0.25, 0.3) is 5.91 Å². The van der Waals surface area contributed by atoms with Gasteiger partial charge in [-0.2, -0.15) is 13.2 Å². The van der Waals surface area contributed by atoms with Crippen LogP contribution < -0.4 is 10.1 Å². The van der Waals surface area contributed by atoms with Crippen LogP contribution in [0.4, 0.5) is 18.9 Å². The van der Waals surface area contributed by atoms with Crippen LogP contribution in [0.3, 0.4) is 0 Å². The minimum atomic E-state index is -4.47. The van der Waals surface area contributed by atoms with Crippen LogP contribution in [0, 0.1) is 0 Å². The molecule has 0 atom stereocenters. The van der Waals surface area contributed by atoms with Gasteiger partial charge >= 0.3 is 12.1 Å². The molecule has 10 heteroatoms. The van der Waals surface area contributed by atoms with E-state index in [1.54, 1.807) is 48.9 Å². The second-order valence-corrected chi connectivity index (χ2v) is 7.55. The molecular weight excluding hydrogens is 463 g/mol. The topological polar surface area (TPSA) is 82.4 Å². The zero-order valence-corrected chi connectivity index (χ0v) is 18.7. The average Bonchev–Trinajstić information content (AvgIpc) is 3.16. The number of hydrogen-bond acceptors (Lipinski definition) is 5. The van der Waals surface area contributed by atoms with Crippen molar-refractivity contribution in [1.29, 1.82) is 0 Å². The van der Waals surface area contributed by atoms with Crippen LogP contribution in [0.2, 0.25) is 0 Å². The van der Waals surface area contributed by atoms with Crippen molar-refractivity contribution in [2.75, 3.05) is 11.9 Å². The molecule has 0 unspecified atom stereocenters. The van der Waals surface area contributed by atoms with Crippen molar-refractivity contribution in [3.63, 3.8) is 0 Å². The molecule has 0 fully saturated rings. The average molecular weight is 483 g/mol. The van der Waals surface area contributed by atoms with Crippen LogP contribution in [-0.4, -0.2) is 28.0 Å². The number of nitrogens with one attached hydrogen (secondary N) is 1. The maximum absolute atomic E-state index is 12.7. The molecular formula is C25H20F3N3O4. The van der Waals surface area contributed by atoms with Crippen LogP contribution in [0.1, 0.15) is 33.3 Å². The standard InChI is InChI=1S/C25H20F3N3O4/c1-3-34-24(33)21-12-16-6-10-19(13-20(16)31(21)2)35-22-11-9-18(14-29-22)30-23(32)15-4-7-17(8-5-15)25(26,27)28/h4-14H,3H2,1-2H3,(H,30,32). The van der Waals surface area contributed by atoms with Gasteiger partial charge in [-0.25, -0.2) is 9.78 Å². The van der Waals surface area contributed by atoms with Crippen LogP contribution in [0.5, 0.6) is 11.6 Å². The number of ether oxygens (including phenoxy) is 2. The predicted octanol–water partition coefficient (Wildman–Crippen LogP) is 5.81. The highest BCUT2D eigenvalue weighted by molar-refractivity contribution is 6.04. The molecule has 1 N–H and O–H groups in total. The fourth-order valence-corrected chi connectivity index (χ4v) is 3.42. The summed E-state index contributed by atoms with van der Waals surface area (Å²) in [7, 11) is 1.75. The van der Waals surface area contributed by atoms with Gasteiger partial charge < -0.3 is 19.4 Å². The summed E-state index contributed by atoms with van der Waals surface area (Å²) in [5, 5.41) is 3.42. The number of alkyl halides is 3. The molecule has 2 aromatic heterocycles. The van der Waals surface area contributed by atoms with E-state index in [2.05, 4.69) is 10.3 Å². The van der Waals surface area contributed by atoms with Crippen molar-refractivity contribution in [3.8, 4) is 11.6 Å². The molecule has 1 amide bonds. The molecule has 0 bridgehead atoms. The van der Waals surface area contributed by atoms with E-state index in [0.717, 1.165) is 35.2 Å². The lowest BCUT2D eigenvalue weighted by molar-refractivity contribution is -0.137. The third kappa shape index (κ3) is 5.26. The second kappa shape index (κ2) is 9.49. The van der Waals surface area contributed by atoms with E-state index in [-0.39, 0.29) is 18.1 Å². The first-order valence-corrected chi connectivity index (χ1v) is 10.5. The number of carbonyl (C=O) groups excluding carboxylic acids is 2. The number of carbonyl (C=O) groups is 2. The Morgan fingerprint density at radius 3 is 2.40 bits per heavy atom. The molecule has 0 saturated heterocycles. The minimum Gasteiger partial charge on any atom is -0.461 e. The monoisotopic (exact) mass is 483 g/mol. The van der Waals surface area contributed by atoms with Crippen molar-refractivity contribution >= 4 is 28.5 Å². The van der Waals surface area contributed by atoms with Crippen LogP contribution in [0.15, 0.2) is 66.9 Å². The van der Waals surface area contributed by atoms with Gasteiger partial charge in [-0.15, -0.1) is 0 Å². The van der Waals surface area contributed by atoms with E-state index in [4.69, 9.17) is 9.47 Å². The van der Waals surface area contributed by atoms with Crippen molar-refractivity contribution in [1.82, 2.24) is 9.55 Å². The lowest BCUT2D eigenvalue weighted by Crippen LogP contribution is -2.13. The van der Waals surface area contributed by atoms with Crippen LogP contribution >= 0.6 is 0 Å². The first-order valence-electron chi connectivity index (χ1n) is 10.5. The maximum Gasteiger partial charge on any atom is 0.416 e. The number of fused-ring (bicyclic) bond motifs is 1. The van der Waals surface area contributed by atoms with Crippen LogP contribution in [0.25, 0.3) is 10.9 Å². The molecule has 0 spiro atoms. The molecule has 4 rings (SSSR count). The number of amides is 1. The van der Waals surface area contributed by atoms with E-state index >= 15 is 0 Å². The predicted molar refractivity (Wildman–Crippen MR) is 123 cm³/mol. The number of benzene rings is 2. The Labute approximate surface area is 198 Å². The number of pyridine rings is 1. The Morgan fingerprint density at radius 2 is 1.77 bits per heavy atom. The molecule has 180 valence electrons. The normalized spacial score (nSPS) is 11.3. The summed E-state index contributed by atoms with van der Waals surface area (Å²) < 4.78 is 50.6. The Bertz CT molecular complexity index is 1380. The summed E-state index contributed by atoms with van der Waals surface area (Å²) in [5.74, 6) is -0.232. The van der Waals surface area contributed by atoms with E-state index in [9.17, 15) is 22.8 Å². The highest BCUT2D eigenvalue weighted by Gasteiger charge is 2.30. The first kappa shape index (κ1) is 23.8. The molecule has 0 saturated carbocycles. The Hall–Kier alpha value is -4.34. The first-order chi connectivity index (χ1) is 16.7. The number of esters is 1. The molecule has 2 aromatic carbocycles. The van der Waals surface area contributed by atoms with Gasteiger partial charge in [0.1, 0.15) is 11.4 Å². The fourth-order valence-electron chi connectivity index (χ4n) is 3.42. The van der Waals surface area contributed by atoms with E-state index in [1.807, 2.05) is 6.07 Å².